The molecule has 15 heavy (non-hydrogen) atoms. The maximum Gasteiger partial charge on any atom is 0.244 e. The van der Waals surface area contributed by atoms with Crippen molar-refractivity contribution in [3.05, 3.63) is 30.1 Å². The molecule has 1 aromatic rings. The average Bonchev–Trinajstić information content (AvgIpc) is 2.53. The predicted octanol–water partition coefficient (Wildman–Crippen LogP) is 1.36. The van der Waals surface area contributed by atoms with Gasteiger partial charge in [-0.2, -0.15) is 5.10 Å². The number of amides is 1. The highest BCUT2D eigenvalue weighted by Crippen LogP contribution is 2.10. The summed E-state index contributed by atoms with van der Waals surface area (Å²) < 4.78 is 1.73. The Morgan fingerprint density at radius 1 is 1.73 bits per heavy atom. The Morgan fingerprint density at radius 2 is 2.40 bits per heavy atom. The van der Waals surface area contributed by atoms with Crippen LogP contribution in [-0.4, -0.2) is 22.2 Å². The van der Waals surface area contributed by atoms with E-state index in [0.29, 0.717) is 6.54 Å². The van der Waals surface area contributed by atoms with E-state index in [1.807, 2.05) is 26.8 Å². The first-order valence-electron chi connectivity index (χ1n) is 4.97. The van der Waals surface area contributed by atoms with Crippen LogP contribution in [0.15, 0.2) is 18.7 Å². The summed E-state index contributed by atoms with van der Waals surface area (Å²) in [4.78, 5) is 11.6. The Kier molecular flexibility index (Phi) is 3.66. The van der Waals surface area contributed by atoms with Crippen LogP contribution in [0.5, 0.6) is 0 Å². The van der Waals surface area contributed by atoms with Crippen LogP contribution in [0.2, 0.25) is 0 Å². The number of aromatic nitrogens is 2. The molecule has 1 heterocycles. The first-order chi connectivity index (χ1) is 7.06. The molecule has 1 N–H and O–H groups in total. The Hall–Kier alpha value is -1.58. The van der Waals surface area contributed by atoms with E-state index in [1.165, 1.54) is 0 Å². The Labute approximate surface area is 90.0 Å². The number of nitrogens with zero attached hydrogens (tertiary/aromatic N) is 2. The summed E-state index contributed by atoms with van der Waals surface area (Å²) >= 11 is 0. The van der Waals surface area contributed by atoms with Crippen LogP contribution in [-0.2, 0) is 4.79 Å². The van der Waals surface area contributed by atoms with E-state index in [9.17, 15) is 4.79 Å². The van der Waals surface area contributed by atoms with Gasteiger partial charge in [0.15, 0.2) is 0 Å². The molecule has 0 bridgehead atoms. The molecule has 0 aliphatic carbocycles. The van der Waals surface area contributed by atoms with Crippen molar-refractivity contribution >= 4 is 5.91 Å². The second-order valence-electron chi connectivity index (χ2n) is 3.58. The molecule has 82 valence electrons. The lowest BCUT2D eigenvalue weighted by Gasteiger charge is -2.13. The van der Waals surface area contributed by atoms with Crippen molar-refractivity contribution in [1.29, 1.82) is 0 Å². The van der Waals surface area contributed by atoms with Crippen LogP contribution in [0.25, 0.3) is 0 Å². The molecule has 4 nitrogen and oxygen atoms in total. The normalized spacial score (nSPS) is 12.2. The number of hydrogen-bond donors (Lipinski definition) is 1. The van der Waals surface area contributed by atoms with Crippen molar-refractivity contribution < 1.29 is 4.79 Å². The highest BCUT2D eigenvalue weighted by Gasteiger charge is 2.16. The monoisotopic (exact) mass is 207 g/mol. The van der Waals surface area contributed by atoms with Crippen LogP contribution >= 0.6 is 0 Å². The summed E-state index contributed by atoms with van der Waals surface area (Å²) in [5, 5.41) is 7.02. The fourth-order valence-electron chi connectivity index (χ4n) is 1.47. The van der Waals surface area contributed by atoms with Crippen molar-refractivity contribution in [2.75, 3.05) is 6.54 Å². The third-order valence-electron chi connectivity index (χ3n) is 2.21. The zero-order valence-corrected chi connectivity index (χ0v) is 9.45. The molecule has 4 heteroatoms. The fourth-order valence-corrected chi connectivity index (χ4v) is 1.47. The van der Waals surface area contributed by atoms with Crippen LogP contribution in [0.3, 0.4) is 0 Å². The lowest BCUT2D eigenvalue weighted by atomic mass is 10.3. The van der Waals surface area contributed by atoms with Crippen molar-refractivity contribution in [1.82, 2.24) is 15.1 Å². The second kappa shape index (κ2) is 4.77. The van der Waals surface area contributed by atoms with Crippen molar-refractivity contribution in [2.45, 2.75) is 26.8 Å². The fraction of sp³-hybridized carbons (Fsp3) is 0.455. The molecule has 1 aromatic heterocycles. The first kappa shape index (κ1) is 11.5. The topological polar surface area (TPSA) is 46.9 Å². The quantitative estimate of drug-likeness (QED) is 0.758. The summed E-state index contributed by atoms with van der Waals surface area (Å²) in [5.41, 5.74) is 1.92. The maximum atomic E-state index is 11.6. The van der Waals surface area contributed by atoms with Gasteiger partial charge in [0, 0.05) is 12.2 Å². The van der Waals surface area contributed by atoms with Crippen LogP contribution in [0.4, 0.5) is 0 Å². The smallest absolute Gasteiger partial charge is 0.244 e. The molecule has 1 unspecified atom stereocenters. The molecule has 0 fully saturated rings. The third-order valence-corrected chi connectivity index (χ3v) is 2.21. The van der Waals surface area contributed by atoms with E-state index in [2.05, 4.69) is 17.0 Å². The van der Waals surface area contributed by atoms with Gasteiger partial charge in [0.2, 0.25) is 5.91 Å². The van der Waals surface area contributed by atoms with E-state index < -0.39 is 0 Å². The van der Waals surface area contributed by atoms with Gasteiger partial charge in [-0.3, -0.25) is 9.48 Å². The molecule has 0 spiro atoms. The van der Waals surface area contributed by atoms with Gasteiger partial charge in [-0.05, 0) is 26.8 Å². The van der Waals surface area contributed by atoms with Gasteiger partial charge < -0.3 is 5.32 Å². The highest BCUT2D eigenvalue weighted by atomic mass is 16.2. The lowest BCUT2D eigenvalue weighted by Crippen LogP contribution is -2.31. The highest BCUT2D eigenvalue weighted by molar-refractivity contribution is 5.79. The van der Waals surface area contributed by atoms with Crippen molar-refractivity contribution in [3.63, 3.8) is 0 Å². The van der Waals surface area contributed by atoms with Gasteiger partial charge in [0.25, 0.3) is 0 Å². The third kappa shape index (κ3) is 2.68. The Morgan fingerprint density at radius 3 is 2.87 bits per heavy atom. The number of aryl methyl sites for hydroxylation is 2. The Balaban J connectivity index is 2.75. The molecular weight excluding hydrogens is 190 g/mol. The molecule has 0 radical (unpaired) electrons. The molecule has 0 aliphatic heterocycles. The van der Waals surface area contributed by atoms with Gasteiger partial charge in [-0.25, -0.2) is 0 Å². The lowest BCUT2D eigenvalue weighted by molar-refractivity contribution is -0.123. The summed E-state index contributed by atoms with van der Waals surface area (Å²) in [6, 6.07) is 1.68. The molecule has 0 aliphatic rings. The zero-order valence-electron chi connectivity index (χ0n) is 9.45. The maximum absolute atomic E-state index is 11.6. The molecule has 0 aromatic carbocycles. The number of carbonyl (C=O) groups is 1. The molecule has 1 amide bonds. The molecule has 0 saturated heterocycles. The van der Waals surface area contributed by atoms with Crippen molar-refractivity contribution in [3.8, 4) is 0 Å². The minimum absolute atomic E-state index is 0.0406. The SMILES string of the molecule is C=CCNC(=O)C(C)n1nc(C)cc1C. The van der Waals surface area contributed by atoms with Gasteiger partial charge >= 0.3 is 0 Å². The minimum atomic E-state index is -0.279. The molecule has 0 saturated carbocycles. The number of carbonyl (C=O) groups excluding carboxylic acids is 1. The van der Waals surface area contributed by atoms with E-state index in [4.69, 9.17) is 0 Å². The van der Waals surface area contributed by atoms with E-state index in [1.54, 1.807) is 10.8 Å². The number of hydrogen-bond acceptors (Lipinski definition) is 2. The summed E-state index contributed by atoms with van der Waals surface area (Å²) in [5.74, 6) is -0.0406. The molecule has 1 atom stereocenters. The van der Waals surface area contributed by atoms with Gasteiger partial charge in [-0.1, -0.05) is 6.08 Å². The largest absolute Gasteiger partial charge is 0.351 e. The number of rotatable bonds is 4. The van der Waals surface area contributed by atoms with E-state index in [-0.39, 0.29) is 11.9 Å². The van der Waals surface area contributed by atoms with Crippen LogP contribution in [0.1, 0.15) is 24.4 Å². The zero-order chi connectivity index (χ0) is 11.4. The van der Waals surface area contributed by atoms with Gasteiger partial charge in [-0.15, -0.1) is 6.58 Å². The summed E-state index contributed by atoms with van der Waals surface area (Å²) in [6.07, 6.45) is 1.66. The minimum Gasteiger partial charge on any atom is -0.351 e. The second-order valence-corrected chi connectivity index (χ2v) is 3.58. The van der Waals surface area contributed by atoms with Crippen LogP contribution in [0, 0.1) is 13.8 Å². The first-order valence-corrected chi connectivity index (χ1v) is 4.97. The number of nitrogens with one attached hydrogen (secondary N) is 1. The van der Waals surface area contributed by atoms with Crippen molar-refractivity contribution in [2.24, 2.45) is 0 Å². The summed E-state index contributed by atoms with van der Waals surface area (Å²) in [7, 11) is 0. The average molecular weight is 207 g/mol. The van der Waals surface area contributed by atoms with Crippen LogP contribution < -0.4 is 5.32 Å². The summed E-state index contributed by atoms with van der Waals surface area (Å²) in [6.45, 7) is 9.73. The predicted molar refractivity (Wildman–Crippen MR) is 59.6 cm³/mol. The van der Waals surface area contributed by atoms with E-state index in [0.717, 1.165) is 11.4 Å². The molecular formula is C11H17N3O. The Bertz CT molecular complexity index is 368. The van der Waals surface area contributed by atoms with E-state index >= 15 is 0 Å². The van der Waals surface area contributed by atoms with Gasteiger partial charge in [0.05, 0.1) is 5.69 Å². The van der Waals surface area contributed by atoms with Gasteiger partial charge in [0.1, 0.15) is 6.04 Å². The molecule has 1 rings (SSSR count). The standard InChI is InChI=1S/C11H17N3O/c1-5-6-12-11(15)10(4)14-9(3)7-8(2)13-14/h5,7,10H,1,6H2,2-4H3,(H,12,15).